The van der Waals surface area contributed by atoms with Crippen molar-refractivity contribution >= 4 is 45.6 Å². The molecule has 0 fully saturated rings. The molecule has 1 aromatic carbocycles. The van der Waals surface area contributed by atoms with E-state index in [1.807, 2.05) is 7.05 Å². The van der Waals surface area contributed by atoms with Crippen LogP contribution < -0.4 is 16.0 Å². The summed E-state index contributed by atoms with van der Waals surface area (Å²) in [6.45, 7) is 2.88. The Morgan fingerprint density at radius 2 is 2.12 bits per heavy atom. The maximum absolute atomic E-state index is 12.5. The van der Waals surface area contributed by atoms with Gasteiger partial charge in [-0.2, -0.15) is 0 Å². The van der Waals surface area contributed by atoms with Crippen LogP contribution in [0.15, 0.2) is 24.3 Å². The number of hydrogen-bond acceptors (Lipinski definition) is 7. The third-order valence-corrected chi connectivity index (χ3v) is 4.98. The molecule has 2 aromatic rings. The number of anilines is 3. The van der Waals surface area contributed by atoms with Crippen molar-refractivity contribution in [1.29, 1.82) is 0 Å². The molecule has 1 aromatic heterocycles. The molecule has 1 aliphatic heterocycles. The van der Waals surface area contributed by atoms with Crippen molar-refractivity contribution in [2.24, 2.45) is 0 Å². The van der Waals surface area contributed by atoms with Crippen molar-refractivity contribution in [1.82, 2.24) is 9.88 Å². The number of imide groups is 1. The molecule has 9 heteroatoms. The summed E-state index contributed by atoms with van der Waals surface area (Å²) in [6.07, 6.45) is 0.801. The molecule has 2 heterocycles. The van der Waals surface area contributed by atoms with Gasteiger partial charge in [0, 0.05) is 37.0 Å². The third-order valence-electron chi connectivity index (χ3n) is 3.98. The lowest BCUT2D eigenvalue weighted by molar-refractivity contribution is -0.136. The SMILES string of the molecule is CC(=O)N(C(=O)C(=O)Nc1nc2c(s1)CN(C)CC2)c1cccc(N)c1. The zero-order chi connectivity index (χ0) is 18.8. The summed E-state index contributed by atoms with van der Waals surface area (Å²) in [5, 5.41) is 2.87. The molecule has 0 atom stereocenters. The molecule has 0 bridgehead atoms. The van der Waals surface area contributed by atoms with Crippen molar-refractivity contribution in [2.45, 2.75) is 19.9 Å². The lowest BCUT2D eigenvalue weighted by atomic mass is 10.2. The highest BCUT2D eigenvalue weighted by Crippen LogP contribution is 2.28. The number of carbonyl (C=O) groups is 3. The second kappa shape index (κ2) is 7.22. The predicted molar refractivity (Wildman–Crippen MR) is 99.8 cm³/mol. The van der Waals surface area contributed by atoms with Crippen molar-refractivity contribution < 1.29 is 14.4 Å². The maximum Gasteiger partial charge on any atom is 0.323 e. The first-order valence-corrected chi connectivity index (χ1v) is 8.85. The Hall–Kier alpha value is -2.78. The van der Waals surface area contributed by atoms with Gasteiger partial charge in [-0.1, -0.05) is 6.07 Å². The number of nitrogens with two attached hydrogens (primary N) is 1. The van der Waals surface area contributed by atoms with Crippen LogP contribution in [0.25, 0.3) is 0 Å². The lowest BCUT2D eigenvalue weighted by Crippen LogP contribution is -2.42. The Morgan fingerprint density at radius 3 is 2.81 bits per heavy atom. The van der Waals surface area contributed by atoms with Crippen LogP contribution in [0.5, 0.6) is 0 Å². The number of fused-ring (bicyclic) bond motifs is 1. The molecule has 3 N–H and O–H groups in total. The van der Waals surface area contributed by atoms with E-state index in [-0.39, 0.29) is 5.69 Å². The van der Waals surface area contributed by atoms with Gasteiger partial charge in [-0.25, -0.2) is 9.88 Å². The minimum atomic E-state index is -0.978. The van der Waals surface area contributed by atoms with E-state index in [0.717, 1.165) is 35.0 Å². The third kappa shape index (κ3) is 3.73. The van der Waals surface area contributed by atoms with Gasteiger partial charge < -0.3 is 10.6 Å². The van der Waals surface area contributed by atoms with Gasteiger partial charge in [-0.15, -0.1) is 11.3 Å². The van der Waals surface area contributed by atoms with Gasteiger partial charge >= 0.3 is 11.8 Å². The van der Waals surface area contributed by atoms with Gasteiger partial charge in [0.05, 0.1) is 11.4 Å². The van der Waals surface area contributed by atoms with Crippen LogP contribution in [0.3, 0.4) is 0 Å². The van der Waals surface area contributed by atoms with Crippen molar-refractivity contribution in [3.63, 3.8) is 0 Å². The zero-order valence-electron chi connectivity index (χ0n) is 14.5. The Balaban J connectivity index is 1.78. The molecular weight excluding hydrogens is 354 g/mol. The number of benzene rings is 1. The van der Waals surface area contributed by atoms with Crippen molar-refractivity contribution in [3.8, 4) is 0 Å². The summed E-state index contributed by atoms with van der Waals surface area (Å²) in [6, 6.07) is 6.24. The predicted octanol–water partition coefficient (Wildman–Crippen LogP) is 1.23. The van der Waals surface area contributed by atoms with E-state index in [2.05, 4.69) is 15.2 Å². The fourth-order valence-corrected chi connectivity index (χ4v) is 3.82. The minimum absolute atomic E-state index is 0.248. The monoisotopic (exact) mass is 373 g/mol. The topological polar surface area (TPSA) is 109 Å². The van der Waals surface area contributed by atoms with E-state index in [4.69, 9.17) is 5.73 Å². The summed E-state index contributed by atoms with van der Waals surface area (Å²) >= 11 is 1.34. The first-order chi connectivity index (χ1) is 12.3. The second-order valence-electron chi connectivity index (χ2n) is 6.09. The molecule has 136 valence electrons. The highest BCUT2D eigenvalue weighted by molar-refractivity contribution is 7.16. The number of likely N-dealkylation sites (N-methyl/N-ethyl adjacent to an activating group) is 1. The molecule has 0 saturated heterocycles. The largest absolute Gasteiger partial charge is 0.399 e. The van der Waals surface area contributed by atoms with E-state index in [0.29, 0.717) is 10.8 Å². The Labute approximate surface area is 154 Å². The molecule has 0 spiro atoms. The quantitative estimate of drug-likeness (QED) is 0.605. The van der Waals surface area contributed by atoms with Gasteiger partial charge in [0.1, 0.15) is 0 Å². The van der Waals surface area contributed by atoms with Gasteiger partial charge in [0.25, 0.3) is 0 Å². The minimum Gasteiger partial charge on any atom is -0.399 e. The molecule has 0 aliphatic carbocycles. The van der Waals surface area contributed by atoms with Crippen LogP contribution in [0.4, 0.5) is 16.5 Å². The summed E-state index contributed by atoms with van der Waals surface area (Å²) in [5.74, 6) is -2.47. The highest BCUT2D eigenvalue weighted by Gasteiger charge is 2.28. The van der Waals surface area contributed by atoms with Gasteiger partial charge in [0.15, 0.2) is 5.13 Å². The molecular formula is C17H19N5O3S. The molecule has 0 unspecified atom stereocenters. The summed E-state index contributed by atoms with van der Waals surface area (Å²) in [5.41, 5.74) is 7.28. The summed E-state index contributed by atoms with van der Waals surface area (Å²) in [7, 11) is 2.01. The number of thiazole rings is 1. The zero-order valence-corrected chi connectivity index (χ0v) is 15.3. The van der Waals surface area contributed by atoms with Crippen LogP contribution in [0.1, 0.15) is 17.5 Å². The average Bonchev–Trinajstić information content (AvgIpc) is 2.95. The fraction of sp³-hybridized carbons (Fsp3) is 0.294. The number of nitrogens with one attached hydrogen (secondary N) is 1. The Morgan fingerprint density at radius 1 is 1.35 bits per heavy atom. The van der Waals surface area contributed by atoms with E-state index in [1.165, 1.54) is 24.3 Å². The molecule has 3 rings (SSSR count). The smallest absolute Gasteiger partial charge is 0.323 e. The van der Waals surface area contributed by atoms with Crippen LogP contribution in [0, 0.1) is 0 Å². The number of rotatable bonds is 2. The molecule has 0 radical (unpaired) electrons. The number of amides is 3. The van der Waals surface area contributed by atoms with Crippen molar-refractivity contribution in [2.75, 3.05) is 29.5 Å². The van der Waals surface area contributed by atoms with Crippen LogP contribution >= 0.6 is 11.3 Å². The molecule has 8 nitrogen and oxygen atoms in total. The molecule has 0 saturated carbocycles. The van der Waals surface area contributed by atoms with Crippen LogP contribution in [-0.2, 0) is 27.3 Å². The van der Waals surface area contributed by atoms with Crippen LogP contribution in [0.2, 0.25) is 0 Å². The van der Waals surface area contributed by atoms with Gasteiger partial charge in [0.2, 0.25) is 5.91 Å². The number of nitrogens with zero attached hydrogens (tertiary/aromatic N) is 3. The summed E-state index contributed by atoms with van der Waals surface area (Å²) in [4.78, 5) is 45.2. The van der Waals surface area contributed by atoms with Crippen LogP contribution in [-0.4, -0.2) is 41.2 Å². The molecule has 3 amide bonds. The van der Waals surface area contributed by atoms with E-state index >= 15 is 0 Å². The van der Waals surface area contributed by atoms with E-state index in [9.17, 15) is 14.4 Å². The summed E-state index contributed by atoms with van der Waals surface area (Å²) < 4.78 is 0. The lowest BCUT2D eigenvalue weighted by Gasteiger charge is -2.20. The normalized spacial score (nSPS) is 13.8. The average molecular weight is 373 g/mol. The highest BCUT2D eigenvalue weighted by atomic mass is 32.1. The number of hydrogen-bond donors (Lipinski definition) is 2. The molecule has 26 heavy (non-hydrogen) atoms. The van der Waals surface area contributed by atoms with Crippen molar-refractivity contribution in [3.05, 3.63) is 34.8 Å². The first-order valence-electron chi connectivity index (χ1n) is 8.04. The number of nitrogen functional groups attached to an aromatic ring is 1. The van der Waals surface area contributed by atoms with E-state index < -0.39 is 17.7 Å². The molecule has 1 aliphatic rings. The van der Waals surface area contributed by atoms with Gasteiger partial charge in [-0.3, -0.25) is 19.7 Å². The standard InChI is InChI=1S/C17H19N5O3S/c1-10(23)22(12-5-3-4-11(18)8-12)16(25)15(24)20-17-19-13-6-7-21(2)9-14(13)26-17/h3-5,8H,6-7,9,18H2,1-2H3,(H,19,20,24). The number of carbonyl (C=O) groups excluding carboxylic acids is 3. The van der Waals surface area contributed by atoms with Gasteiger partial charge in [-0.05, 0) is 25.2 Å². The fourth-order valence-electron chi connectivity index (χ4n) is 2.73. The first kappa shape index (κ1) is 18.0. The maximum atomic E-state index is 12.5. The number of aromatic nitrogens is 1. The second-order valence-corrected chi connectivity index (χ2v) is 7.17. The Bertz CT molecular complexity index is 879. The van der Waals surface area contributed by atoms with E-state index in [1.54, 1.807) is 18.2 Å². The Kier molecular flexibility index (Phi) is 5.01.